The summed E-state index contributed by atoms with van der Waals surface area (Å²) < 4.78 is 0.680. The van der Waals surface area contributed by atoms with Gasteiger partial charge in [0.2, 0.25) is 11.8 Å². The fraction of sp³-hybridized carbons (Fsp3) is 0.200. The van der Waals surface area contributed by atoms with Crippen molar-refractivity contribution in [3.05, 3.63) is 142 Å². The first-order valence-corrected chi connectivity index (χ1v) is 19.4. The van der Waals surface area contributed by atoms with Gasteiger partial charge in [0.1, 0.15) is 8.64 Å². The number of hydrogen-bond acceptors (Lipinski definition) is 8. The van der Waals surface area contributed by atoms with Gasteiger partial charge >= 0.3 is 0 Å². The molecule has 0 spiro atoms. The largest absolute Gasteiger partial charge is 0.308 e. The van der Waals surface area contributed by atoms with E-state index < -0.39 is 0 Å². The smallest absolute Gasteiger partial charge is 0.267 e. The van der Waals surface area contributed by atoms with Crippen LogP contribution in [-0.4, -0.2) is 55.2 Å². The number of rotatable bonds is 14. The molecule has 2 aliphatic heterocycles. The predicted molar refractivity (Wildman–Crippen MR) is 217 cm³/mol. The second kappa shape index (κ2) is 17.7. The molecule has 264 valence electrons. The fourth-order valence-electron chi connectivity index (χ4n) is 5.90. The highest BCUT2D eigenvalue weighted by Gasteiger charge is 2.42. The van der Waals surface area contributed by atoms with Crippen molar-refractivity contribution < 1.29 is 19.2 Å². The molecule has 0 aliphatic carbocycles. The van der Waals surface area contributed by atoms with Crippen LogP contribution in [0.4, 0.5) is 11.4 Å². The van der Waals surface area contributed by atoms with Crippen LogP contribution in [0.25, 0.3) is 0 Å². The molecule has 0 aromatic heterocycles. The standard InChI is InChI=1S/C40H36N4O4S4/c45-33(43(31-19-9-3-10-20-31)27-29-15-5-1-6-16-29)23-13-25-41-37(47)35(51-39(41)49)36-38(48)42(40(50)52-36)26-14-24-34(46)44(32-21-11-4-12-22-32)28-30-17-7-2-8-18-30/h1-12,15-22H,13-14,23-28H2. The molecule has 8 nitrogen and oxygen atoms in total. The van der Waals surface area contributed by atoms with Crippen molar-refractivity contribution in [2.45, 2.75) is 38.8 Å². The highest BCUT2D eigenvalue weighted by molar-refractivity contribution is 8.29. The van der Waals surface area contributed by atoms with Crippen LogP contribution in [0.15, 0.2) is 131 Å². The summed E-state index contributed by atoms with van der Waals surface area (Å²) in [7, 11) is 0. The van der Waals surface area contributed by atoms with Gasteiger partial charge in [0, 0.05) is 37.3 Å². The number of anilines is 2. The lowest BCUT2D eigenvalue weighted by atomic mass is 10.1. The van der Waals surface area contributed by atoms with Crippen molar-refractivity contribution >= 4 is 91.6 Å². The van der Waals surface area contributed by atoms with Gasteiger partial charge in [0.15, 0.2) is 0 Å². The number of carbonyl (C=O) groups excluding carboxylic acids is 4. The maximum atomic E-state index is 13.6. The number of thiocarbonyl (C=S) groups is 2. The van der Waals surface area contributed by atoms with Gasteiger partial charge in [-0.15, -0.1) is 0 Å². The van der Waals surface area contributed by atoms with Crippen LogP contribution in [0.3, 0.4) is 0 Å². The van der Waals surface area contributed by atoms with Gasteiger partial charge in [0.05, 0.1) is 22.9 Å². The minimum absolute atomic E-state index is 0.0631. The fourth-order valence-corrected chi connectivity index (χ4v) is 8.67. The summed E-state index contributed by atoms with van der Waals surface area (Å²) in [6.07, 6.45) is 1.22. The van der Waals surface area contributed by atoms with Crippen LogP contribution >= 0.6 is 48.0 Å². The molecule has 2 heterocycles. The zero-order valence-electron chi connectivity index (χ0n) is 28.3. The lowest BCUT2D eigenvalue weighted by Gasteiger charge is -2.24. The second-order valence-electron chi connectivity index (χ2n) is 12.1. The number of para-hydroxylation sites is 2. The SMILES string of the molecule is O=C1C(=C2SC(=S)N(CCCC(=O)N(Cc3ccccc3)c3ccccc3)C2=O)SC(=S)N1CCCC(=O)N(Cc1ccccc1)c1ccccc1. The molecule has 0 radical (unpaired) electrons. The van der Waals surface area contributed by atoms with Crippen LogP contribution in [0.1, 0.15) is 36.8 Å². The summed E-state index contributed by atoms with van der Waals surface area (Å²) in [4.78, 5) is 61.0. The molecule has 0 atom stereocenters. The lowest BCUT2D eigenvalue weighted by molar-refractivity contribution is -0.125. The van der Waals surface area contributed by atoms with Gasteiger partial charge in [-0.2, -0.15) is 0 Å². The third-order valence-corrected chi connectivity index (χ3v) is 11.6. The number of thioether (sulfide) groups is 2. The van der Waals surface area contributed by atoms with E-state index in [0.717, 1.165) is 46.0 Å². The first-order chi connectivity index (χ1) is 25.3. The third kappa shape index (κ3) is 9.05. The van der Waals surface area contributed by atoms with Crippen molar-refractivity contribution in [2.24, 2.45) is 0 Å². The lowest BCUT2D eigenvalue weighted by Crippen LogP contribution is -2.33. The molecule has 4 aromatic carbocycles. The molecule has 2 saturated heterocycles. The summed E-state index contributed by atoms with van der Waals surface area (Å²) in [5, 5.41) is 0. The average molecular weight is 765 g/mol. The molecule has 4 amide bonds. The Labute approximate surface area is 322 Å². The summed E-state index contributed by atoms with van der Waals surface area (Å²) in [5.74, 6) is -0.845. The Morgan fingerprint density at radius 1 is 0.519 bits per heavy atom. The van der Waals surface area contributed by atoms with Crippen molar-refractivity contribution in [3.8, 4) is 0 Å². The van der Waals surface area contributed by atoms with E-state index >= 15 is 0 Å². The van der Waals surface area contributed by atoms with Gasteiger partial charge in [-0.25, -0.2) is 0 Å². The first kappa shape index (κ1) is 37.1. The summed E-state index contributed by atoms with van der Waals surface area (Å²) in [5.41, 5.74) is 3.62. The minimum atomic E-state index is -0.359. The van der Waals surface area contributed by atoms with E-state index in [9.17, 15) is 19.2 Å². The molecule has 12 heteroatoms. The van der Waals surface area contributed by atoms with Crippen LogP contribution in [-0.2, 0) is 32.3 Å². The van der Waals surface area contributed by atoms with Gasteiger partial charge in [-0.05, 0) is 48.2 Å². The van der Waals surface area contributed by atoms with Gasteiger partial charge in [-0.1, -0.05) is 145 Å². The van der Waals surface area contributed by atoms with Crippen molar-refractivity contribution in [2.75, 3.05) is 22.9 Å². The van der Waals surface area contributed by atoms with Crippen molar-refractivity contribution in [1.82, 2.24) is 9.80 Å². The number of benzene rings is 4. The Hall–Kier alpha value is -4.62. The van der Waals surface area contributed by atoms with E-state index in [2.05, 4.69) is 0 Å². The number of hydrogen-bond donors (Lipinski definition) is 0. The van der Waals surface area contributed by atoms with E-state index in [1.54, 1.807) is 9.80 Å². The van der Waals surface area contributed by atoms with E-state index in [1.807, 2.05) is 121 Å². The number of amides is 4. The summed E-state index contributed by atoms with van der Waals surface area (Å²) in [6.45, 7) is 1.35. The highest BCUT2D eigenvalue weighted by Crippen LogP contribution is 2.42. The number of carbonyl (C=O) groups is 4. The highest BCUT2D eigenvalue weighted by atomic mass is 32.2. The molecule has 0 unspecified atom stereocenters. The maximum Gasteiger partial charge on any atom is 0.267 e. The predicted octanol–water partition coefficient (Wildman–Crippen LogP) is 7.95. The van der Waals surface area contributed by atoms with Crippen LogP contribution in [0.2, 0.25) is 0 Å². The molecule has 6 rings (SSSR count). The molecule has 0 saturated carbocycles. The topological polar surface area (TPSA) is 81.2 Å². The van der Waals surface area contributed by atoms with E-state index in [4.69, 9.17) is 24.4 Å². The number of nitrogens with zero attached hydrogens (tertiary/aromatic N) is 4. The zero-order chi connectivity index (χ0) is 36.5. The zero-order valence-corrected chi connectivity index (χ0v) is 31.5. The molecule has 4 aromatic rings. The Morgan fingerprint density at radius 3 is 1.19 bits per heavy atom. The van der Waals surface area contributed by atoms with Crippen LogP contribution in [0, 0.1) is 0 Å². The monoisotopic (exact) mass is 764 g/mol. The van der Waals surface area contributed by atoms with Crippen molar-refractivity contribution in [1.29, 1.82) is 0 Å². The normalized spacial score (nSPS) is 15.8. The van der Waals surface area contributed by atoms with Crippen molar-refractivity contribution in [3.63, 3.8) is 0 Å². The quantitative estimate of drug-likeness (QED) is 0.0947. The minimum Gasteiger partial charge on any atom is -0.308 e. The Morgan fingerprint density at radius 2 is 0.846 bits per heavy atom. The summed E-state index contributed by atoms with van der Waals surface area (Å²) >= 11 is 13.3. The Balaban J connectivity index is 1.05. The molecule has 0 bridgehead atoms. The van der Waals surface area contributed by atoms with E-state index in [1.165, 1.54) is 9.80 Å². The van der Waals surface area contributed by atoms with Crippen LogP contribution in [0.5, 0.6) is 0 Å². The maximum absolute atomic E-state index is 13.6. The average Bonchev–Trinajstić information content (AvgIpc) is 3.62. The first-order valence-electron chi connectivity index (χ1n) is 16.9. The summed E-state index contributed by atoms with van der Waals surface area (Å²) in [6, 6.07) is 38.6. The second-order valence-corrected chi connectivity index (χ2v) is 15.4. The van der Waals surface area contributed by atoms with Gasteiger partial charge < -0.3 is 9.80 Å². The Bertz CT molecular complexity index is 1840. The molecular formula is C40H36N4O4S4. The third-order valence-electron chi connectivity index (χ3n) is 8.55. The van der Waals surface area contributed by atoms with E-state index in [-0.39, 0.29) is 59.4 Å². The Kier molecular flexibility index (Phi) is 12.7. The molecular weight excluding hydrogens is 729 g/mol. The van der Waals surface area contributed by atoms with E-state index in [0.29, 0.717) is 34.6 Å². The van der Waals surface area contributed by atoms with Gasteiger partial charge in [0.25, 0.3) is 11.8 Å². The van der Waals surface area contributed by atoms with Crippen LogP contribution < -0.4 is 9.80 Å². The molecule has 52 heavy (non-hydrogen) atoms. The van der Waals surface area contributed by atoms with Gasteiger partial charge in [-0.3, -0.25) is 29.0 Å². The molecule has 2 aliphatic rings. The molecule has 0 N–H and O–H groups in total. The molecule has 2 fully saturated rings.